The Labute approximate surface area is 128 Å². The number of aryl methyl sites for hydroxylation is 1. The minimum atomic E-state index is -0.0856. The molecule has 2 rings (SSSR count). The van der Waals surface area contributed by atoms with E-state index in [0.29, 0.717) is 5.56 Å². The molecular weight excluding hydrogens is 405 g/mol. The zero-order valence-electron chi connectivity index (χ0n) is 9.71. The second-order valence-electron chi connectivity index (χ2n) is 3.95. The smallest absolute Gasteiger partial charge is 0.256 e. The first-order chi connectivity index (χ1) is 8.56. The number of amides is 1. The molecule has 0 saturated heterocycles. The molecule has 0 heterocycles. The minimum Gasteiger partial charge on any atom is -0.322 e. The Hall–Kier alpha value is -0.880. The van der Waals surface area contributed by atoms with E-state index < -0.39 is 0 Å². The molecule has 0 bridgehead atoms. The number of halogens is 2. The zero-order chi connectivity index (χ0) is 13.1. The molecule has 0 aliphatic heterocycles. The molecule has 2 aromatic carbocycles. The lowest BCUT2D eigenvalue weighted by Crippen LogP contribution is -2.13. The van der Waals surface area contributed by atoms with Crippen LogP contribution in [0.2, 0.25) is 0 Å². The van der Waals surface area contributed by atoms with Crippen LogP contribution in [0.15, 0.2) is 46.9 Å². The predicted molar refractivity (Wildman–Crippen MR) is 86.0 cm³/mol. The summed E-state index contributed by atoms with van der Waals surface area (Å²) >= 11 is 5.58. The summed E-state index contributed by atoms with van der Waals surface area (Å²) in [5.74, 6) is -0.0856. The van der Waals surface area contributed by atoms with E-state index >= 15 is 0 Å². The number of carbonyl (C=O) groups excluding carboxylic acids is 1. The van der Waals surface area contributed by atoms with Gasteiger partial charge in [-0.15, -0.1) is 0 Å². The molecule has 0 saturated carbocycles. The molecule has 4 heteroatoms. The van der Waals surface area contributed by atoms with Gasteiger partial charge in [-0.1, -0.05) is 28.1 Å². The summed E-state index contributed by atoms with van der Waals surface area (Å²) in [4.78, 5) is 12.1. The molecule has 92 valence electrons. The van der Waals surface area contributed by atoms with Crippen LogP contribution in [0.3, 0.4) is 0 Å². The van der Waals surface area contributed by atoms with Crippen LogP contribution in [-0.2, 0) is 0 Å². The number of hydrogen-bond donors (Lipinski definition) is 1. The van der Waals surface area contributed by atoms with Crippen LogP contribution in [0.5, 0.6) is 0 Å². The molecule has 18 heavy (non-hydrogen) atoms. The molecule has 0 atom stereocenters. The fourth-order valence-corrected chi connectivity index (χ4v) is 2.89. The van der Waals surface area contributed by atoms with Crippen LogP contribution in [0.4, 0.5) is 5.69 Å². The fraction of sp³-hybridized carbons (Fsp3) is 0.0714. The summed E-state index contributed by atoms with van der Waals surface area (Å²) in [7, 11) is 0. The van der Waals surface area contributed by atoms with Gasteiger partial charge in [-0.25, -0.2) is 0 Å². The molecule has 1 N–H and O–H groups in total. The van der Waals surface area contributed by atoms with E-state index in [-0.39, 0.29) is 5.91 Å². The quantitative estimate of drug-likeness (QED) is 0.712. The van der Waals surface area contributed by atoms with Crippen LogP contribution in [0.25, 0.3) is 0 Å². The van der Waals surface area contributed by atoms with E-state index in [1.807, 2.05) is 49.4 Å². The van der Waals surface area contributed by atoms with Gasteiger partial charge >= 0.3 is 0 Å². The number of hydrogen-bond acceptors (Lipinski definition) is 1. The van der Waals surface area contributed by atoms with Crippen molar-refractivity contribution in [2.75, 3.05) is 5.32 Å². The van der Waals surface area contributed by atoms with E-state index in [1.54, 1.807) is 0 Å². The van der Waals surface area contributed by atoms with Gasteiger partial charge in [0.1, 0.15) is 0 Å². The monoisotopic (exact) mass is 415 g/mol. The van der Waals surface area contributed by atoms with Gasteiger partial charge in [0.2, 0.25) is 0 Å². The van der Waals surface area contributed by atoms with Crippen LogP contribution in [0, 0.1) is 10.5 Å². The molecule has 0 radical (unpaired) electrons. The highest BCUT2D eigenvalue weighted by molar-refractivity contribution is 14.1. The Morgan fingerprint density at radius 3 is 2.61 bits per heavy atom. The maximum Gasteiger partial charge on any atom is 0.256 e. The van der Waals surface area contributed by atoms with Gasteiger partial charge in [0.05, 0.1) is 5.56 Å². The van der Waals surface area contributed by atoms with Crippen molar-refractivity contribution in [1.29, 1.82) is 0 Å². The highest BCUT2D eigenvalue weighted by Gasteiger charge is 2.09. The first-order valence-corrected chi connectivity index (χ1v) is 7.26. The number of carbonyl (C=O) groups is 1. The topological polar surface area (TPSA) is 29.1 Å². The molecule has 2 nitrogen and oxygen atoms in total. The van der Waals surface area contributed by atoms with E-state index in [9.17, 15) is 4.79 Å². The summed E-state index contributed by atoms with van der Waals surface area (Å²) < 4.78 is 1.90. The second-order valence-corrected chi connectivity index (χ2v) is 6.03. The van der Waals surface area contributed by atoms with Gasteiger partial charge in [-0.2, -0.15) is 0 Å². The van der Waals surface area contributed by atoms with Crippen molar-refractivity contribution < 1.29 is 4.79 Å². The molecule has 2 aromatic rings. The summed E-state index contributed by atoms with van der Waals surface area (Å²) in [5, 5.41) is 2.91. The number of benzene rings is 2. The lowest BCUT2D eigenvalue weighted by molar-refractivity contribution is 0.102. The largest absolute Gasteiger partial charge is 0.322 e. The average molecular weight is 416 g/mol. The summed E-state index contributed by atoms with van der Waals surface area (Å²) in [5.41, 5.74) is 2.59. The summed E-state index contributed by atoms with van der Waals surface area (Å²) in [6.45, 7) is 1.99. The molecule has 0 fully saturated rings. The maximum absolute atomic E-state index is 12.1. The van der Waals surface area contributed by atoms with Crippen LogP contribution in [0.1, 0.15) is 15.9 Å². The lowest BCUT2D eigenvalue weighted by Gasteiger charge is -2.08. The van der Waals surface area contributed by atoms with E-state index in [0.717, 1.165) is 19.3 Å². The van der Waals surface area contributed by atoms with Crippen molar-refractivity contribution in [3.8, 4) is 0 Å². The zero-order valence-corrected chi connectivity index (χ0v) is 13.4. The predicted octanol–water partition coefficient (Wildman–Crippen LogP) is 4.61. The van der Waals surface area contributed by atoms with Gasteiger partial charge in [0, 0.05) is 13.7 Å². The van der Waals surface area contributed by atoms with Gasteiger partial charge in [-0.05, 0) is 65.4 Å². The number of anilines is 1. The van der Waals surface area contributed by atoms with E-state index in [1.165, 1.54) is 0 Å². The van der Waals surface area contributed by atoms with Gasteiger partial charge in [0.15, 0.2) is 0 Å². The summed E-state index contributed by atoms with van der Waals surface area (Å²) in [6, 6.07) is 13.4. The fourth-order valence-electron chi connectivity index (χ4n) is 1.65. The van der Waals surface area contributed by atoms with Crippen molar-refractivity contribution in [1.82, 2.24) is 0 Å². The van der Waals surface area contributed by atoms with Crippen LogP contribution < -0.4 is 5.32 Å². The Balaban J connectivity index is 2.24. The number of rotatable bonds is 2. The van der Waals surface area contributed by atoms with Crippen molar-refractivity contribution >= 4 is 50.1 Å². The van der Waals surface area contributed by atoms with Crippen molar-refractivity contribution in [2.24, 2.45) is 0 Å². The highest BCUT2D eigenvalue weighted by Crippen LogP contribution is 2.20. The van der Waals surface area contributed by atoms with E-state index in [4.69, 9.17) is 0 Å². The molecular formula is C14H11BrINO. The first kappa shape index (κ1) is 13.5. The molecule has 1 amide bonds. The third-order valence-corrected chi connectivity index (χ3v) is 3.82. The summed E-state index contributed by atoms with van der Waals surface area (Å²) in [6.07, 6.45) is 0. The number of nitrogens with one attached hydrogen (secondary N) is 1. The van der Waals surface area contributed by atoms with Gasteiger partial charge < -0.3 is 5.32 Å². The van der Waals surface area contributed by atoms with Gasteiger partial charge in [-0.3, -0.25) is 4.79 Å². The maximum atomic E-state index is 12.1. The molecule has 0 spiro atoms. The van der Waals surface area contributed by atoms with Crippen LogP contribution >= 0.6 is 38.5 Å². The Morgan fingerprint density at radius 2 is 1.94 bits per heavy atom. The van der Waals surface area contributed by atoms with Crippen molar-refractivity contribution in [2.45, 2.75) is 6.92 Å². The third kappa shape index (κ3) is 3.32. The highest BCUT2D eigenvalue weighted by atomic mass is 127. The SMILES string of the molecule is Cc1cc(Br)cc(NC(=O)c2ccccc2I)c1. The van der Waals surface area contributed by atoms with Crippen LogP contribution in [-0.4, -0.2) is 5.91 Å². The van der Waals surface area contributed by atoms with E-state index in [2.05, 4.69) is 43.8 Å². The molecule has 0 aliphatic rings. The second kappa shape index (κ2) is 5.84. The average Bonchev–Trinajstić information content (AvgIpc) is 2.27. The molecule has 0 aromatic heterocycles. The lowest BCUT2D eigenvalue weighted by atomic mass is 10.2. The first-order valence-electron chi connectivity index (χ1n) is 5.39. The Bertz CT molecular complexity index is 578. The Kier molecular flexibility index (Phi) is 4.40. The standard InChI is InChI=1S/C14H11BrINO/c1-9-6-10(15)8-11(7-9)17-14(18)12-4-2-3-5-13(12)16/h2-8H,1H3,(H,17,18). The Morgan fingerprint density at radius 1 is 1.22 bits per heavy atom. The molecule has 0 unspecified atom stereocenters. The normalized spacial score (nSPS) is 10.2. The van der Waals surface area contributed by atoms with Crippen molar-refractivity contribution in [3.63, 3.8) is 0 Å². The van der Waals surface area contributed by atoms with Gasteiger partial charge in [0.25, 0.3) is 5.91 Å². The molecule has 0 aliphatic carbocycles. The third-order valence-electron chi connectivity index (χ3n) is 2.42. The minimum absolute atomic E-state index is 0.0856. The van der Waals surface area contributed by atoms with Crippen molar-refractivity contribution in [3.05, 3.63) is 61.6 Å².